The molecule has 0 aliphatic rings. The SMILES string of the molecule is NC(=O)c1ccccc1-n1[nH]cc2ncc3nncc3c21. The lowest BCUT2D eigenvalue weighted by molar-refractivity contribution is 0.1000. The number of nitrogens with one attached hydrogen (secondary N) is 1. The zero-order valence-corrected chi connectivity index (χ0v) is 10.8. The molecule has 0 bridgehead atoms. The van der Waals surface area contributed by atoms with Gasteiger partial charge in [-0.15, -0.1) is 5.10 Å². The maximum absolute atomic E-state index is 11.6. The minimum absolute atomic E-state index is 0.427. The molecule has 3 heterocycles. The third-order valence-electron chi connectivity index (χ3n) is 3.42. The highest BCUT2D eigenvalue weighted by Gasteiger charge is 2.15. The van der Waals surface area contributed by atoms with Crippen molar-refractivity contribution >= 4 is 27.8 Å². The average molecular weight is 278 g/mol. The first kappa shape index (κ1) is 11.6. The van der Waals surface area contributed by atoms with Gasteiger partial charge in [0.2, 0.25) is 0 Å². The van der Waals surface area contributed by atoms with Gasteiger partial charge in [-0.2, -0.15) is 5.10 Å². The van der Waals surface area contributed by atoms with Crippen molar-refractivity contribution in [1.29, 1.82) is 0 Å². The molecule has 0 saturated carbocycles. The van der Waals surface area contributed by atoms with Crippen LogP contribution in [-0.4, -0.2) is 30.9 Å². The monoisotopic (exact) mass is 278 g/mol. The van der Waals surface area contributed by atoms with Crippen LogP contribution in [-0.2, 0) is 0 Å². The Kier molecular flexibility index (Phi) is 2.28. The van der Waals surface area contributed by atoms with Gasteiger partial charge in [-0.05, 0) is 12.1 Å². The van der Waals surface area contributed by atoms with Crippen LogP contribution in [0.1, 0.15) is 10.4 Å². The van der Waals surface area contributed by atoms with E-state index in [0.717, 1.165) is 16.4 Å². The number of nitrogens with zero attached hydrogens (tertiary/aromatic N) is 4. The van der Waals surface area contributed by atoms with Crippen LogP contribution in [0.2, 0.25) is 0 Å². The number of carbonyl (C=O) groups is 1. The molecule has 0 spiro atoms. The van der Waals surface area contributed by atoms with Crippen LogP contribution < -0.4 is 5.73 Å². The van der Waals surface area contributed by atoms with Gasteiger partial charge in [0.1, 0.15) is 16.6 Å². The predicted molar refractivity (Wildman–Crippen MR) is 77.0 cm³/mol. The maximum Gasteiger partial charge on any atom is 0.250 e. The predicted octanol–water partition coefficient (Wildman–Crippen LogP) is 1.40. The molecule has 0 saturated heterocycles. The first-order valence-corrected chi connectivity index (χ1v) is 6.31. The zero-order chi connectivity index (χ0) is 14.4. The Labute approximate surface area is 118 Å². The second-order valence-electron chi connectivity index (χ2n) is 4.63. The molecule has 21 heavy (non-hydrogen) atoms. The van der Waals surface area contributed by atoms with E-state index in [9.17, 15) is 4.79 Å². The van der Waals surface area contributed by atoms with Crippen LogP contribution >= 0.6 is 0 Å². The molecular weight excluding hydrogens is 268 g/mol. The highest BCUT2D eigenvalue weighted by molar-refractivity contribution is 6.03. The smallest absolute Gasteiger partial charge is 0.250 e. The lowest BCUT2D eigenvalue weighted by Crippen LogP contribution is -2.15. The third-order valence-corrected chi connectivity index (χ3v) is 3.42. The van der Waals surface area contributed by atoms with Crippen molar-refractivity contribution in [1.82, 2.24) is 25.0 Å². The van der Waals surface area contributed by atoms with E-state index in [-0.39, 0.29) is 0 Å². The van der Waals surface area contributed by atoms with Crippen LogP contribution in [0.4, 0.5) is 0 Å². The number of fused-ring (bicyclic) bond motifs is 3. The van der Waals surface area contributed by atoms with Crippen molar-refractivity contribution in [2.24, 2.45) is 5.73 Å². The summed E-state index contributed by atoms with van der Waals surface area (Å²) in [4.78, 5) is 16.0. The fourth-order valence-corrected chi connectivity index (χ4v) is 2.47. The first-order chi connectivity index (χ1) is 10.3. The molecule has 3 aromatic heterocycles. The highest BCUT2D eigenvalue weighted by atomic mass is 16.1. The standard InChI is InChI=1S/C14H10N6O/c15-14(21)8-3-1-2-4-12(8)20-13-9-5-17-19-10(9)6-16-11(13)7-18-20/h1-7,18H,(H2,15,21). The van der Waals surface area contributed by atoms with E-state index in [2.05, 4.69) is 20.3 Å². The largest absolute Gasteiger partial charge is 0.366 e. The number of rotatable bonds is 2. The summed E-state index contributed by atoms with van der Waals surface area (Å²) in [5.41, 5.74) is 8.81. The number of hydrogen-bond donors (Lipinski definition) is 2. The molecule has 102 valence electrons. The molecule has 0 radical (unpaired) electrons. The van der Waals surface area contributed by atoms with Crippen molar-refractivity contribution in [3.05, 3.63) is 48.4 Å². The number of primary amides is 1. The summed E-state index contributed by atoms with van der Waals surface area (Å²) in [5, 5.41) is 11.9. The van der Waals surface area contributed by atoms with E-state index in [1.807, 2.05) is 12.1 Å². The van der Waals surface area contributed by atoms with Crippen molar-refractivity contribution in [3.63, 3.8) is 0 Å². The second-order valence-corrected chi connectivity index (χ2v) is 4.63. The van der Waals surface area contributed by atoms with Gasteiger partial charge in [0, 0.05) is 6.20 Å². The summed E-state index contributed by atoms with van der Waals surface area (Å²) >= 11 is 0. The number of H-pyrrole nitrogens is 1. The summed E-state index contributed by atoms with van der Waals surface area (Å²) in [5.74, 6) is -0.486. The number of aromatic nitrogens is 5. The van der Waals surface area contributed by atoms with Crippen molar-refractivity contribution < 1.29 is 4.79 Å². The van der Waals surface area contributed by atoms with E-state index in [4.69, 9.17) is 5.73 Å². The molecule has 0 aliphatic carbocycles. The fraction of sp³-hybridized carbons (Fsp3) is 0. The third kappa shape index (κ3) is 1.61. The zero-order valence-electron chi connectivity index (χ0n) is 10.8. The molecule has 7 heteroatoms. The summed E-state index contributed by atoms with van der Waals surface area (Å²) in [7, 11) is 0. The fourth-order valence-electron chi connectivity index (χ4n) is 2.47. The molecule has 7 nitrogen and oxygen atoms in total. The van der Waals surface area contributed by atoms with Gasteiger partial charge in [0.25, 0.3) is 5.91 Å². The van der Waals surface area contributed by atoms with Gasteiger partial charge in [0.15, 0.2) is 0 Å². The summed E-state index contributed by atoms with van der Waals surface area (Å²) in [6, 6.07) is 7.12. The van der Waals surface area contributed by atoms with E-state index < -0.39 is 5.91 Å². The normalized spacial score (nSPS) is 11.2. The van der Waals surface area contributed by atoms with Crippen LogP contribution in [0.25, 0.3) is 27.6 Å². The molecule has 0 fully saturated rings. The quantitative estimate of drug-likeness (QED) is 0.578. The van der Waals surface area contributed by atoms with E-state index in [0.29, 0.717) is 16.8 Å². The minimum Gasteiger partial charge on any atom is -0.366 e. The summed E-state index contributed by atoms with van der Waals surface area (Å²) in [6.07, 6.45) is 5.11. The Balaban J connectivity index is 2.12. The highest BCUT2D eigenvalue weighted by Crippen LogP contribution is 2.25. The molecule has 4 rings (SSSR count). The lowest BCUT2D eigenvalue weighted by Gasteiger charge is -2.09. The Bertz CT molecular complexity index is 983. The van der Waals surface area contributed by atoms with Crippen LogP contribution in [0.5, 0.6) is 0 Å². The molecule has 0 unspecified atom stereocenters. The number of nitrogens with two attached hydrogens (primary N) is 1. The molecule has 1 amide bonds. The molecule has 0 atom stereocenters. The van der Waals surface area contributed by atoms with E-state index in [1.54, 1.807) is 35.4 Å². The summed E-state index contributed by atoms with van der Waals surface area (Å²) in [6.45, 7) is 0. The van der Waals surface area contributed by atoms with Crippen LogP contribution in [0.3, 0.4) is 0 Å². The van der Waals surface area contributed by atoms with Gasteiger partial charge >= 0.3 is 0 Å². The lowest BCUT2D eigenvalue weighted by atomic mass is 10.1. The van der Waals surface area contributed by atoms with Gasteiger partial charge in [-0.25, -0.2) is 0 Å². The van der Waals surface area contributed by atoms with E-state index in [1.165, 1.54) is 0 Å². The number of aromatic amines is 1. The van der Waals surface area contributed by atoms with Crippen molar-refractivity contribution in [2.45, 2.75) is 0 Å². The number of carbonyl (C=O) groups excluding carboxylic acids is 1. The second kappa shape index (κ2) is 4.14. The average Bonchev–Trinajstić information content (AvgIpc) is 3.12. The molecular formula is C14H10N6O. The molecule has 1 aromatic carbocycles. The number of amides is 1. The molecule has 4 aromatic rings. The van der Waals surface area contributed by atoms with E-state index >= 15 is 0 Å². The maximum atomic E-state index is 11.6. The molecule has 0 aliphatic heterocycles. The molecule has 3 N–H and O–H groups in total. The van der Waals surface area contributed by atoms with Gasteiger partial charge in [-0.3, -0.25) is 19.6 Å². The minimum atomic E-state index is -0.486. The summed E-state index contributed by atoms with van der Waals surface area (Å²) < 4.78 is 1.77. The number of para-hydroxylation sites is 1. The number of pyridine rings is 1. The van der Waals surface area contributed by atoms with Crippen LogP contribution in [0, 0.1) is 0 Å². The first-order valence-electron chi connectivity index (χ1n) is 6.31. The Morgan fingerprint density at radius 3 is 2.90 bits per heavy atom. The Hall–Kier alpha value is -3.22. The Morgan fingerprint density at radius 2 is 2.05 bits per heavy atom. The topological polar surface area (TPSA) is 102 Å². The van der Waals surface area contributed by atoms with Gasteiger partial charge in [0.05, 0.1) is 29.0 Å². The van der Waals surface area contributed by atoms with Gasteiger partial charge in [-0.1, -0.05) is 12.1 Å². The van der Waals surface area contributed by atoms with Gasteiger partial charge < -0.3 is 5.73 Å². The van der Waals surface area contributed by atoms with Crippen molar-refractivity contribution in [3.8, 4) is 5.69 Å². The Morgan fingerprint density at radius 1 is 1.19 bits per heavy atom. The number of hydrogen-bond acceptors (Lipinski definition) is 4. The van der Waals surface area contributed by atoms with Crippen molar-refractivity contribution in [2.75, 3.05) is 0 Å². The number of benzene rings is 1. The van der Waals surface area contributed by atoms with Crippen LogP contribution in [0.15, 0.2) is 42.9 Å².